The lowest BCUT2D eigenvalue weighted by molar-refractivity contribution is -0.136. The summed E-state index contributed by atoms with van der Waals surface area (Å²) in [5.74, 6) is 0.782. The van der Waals surface area contributed by atoms with Gasteiger partial charge in [0.05, 0.1) is 13.2 Å². The molecule has 0 radical (unpaired) electrons. The van der Waals surface area contributed by atoms with Gasteiger partial charge in [-0.2, -0.15) is 0 Å². The average Bonchev–Trinajstić information content (AvgIpc) is 3.20. The van der Waals surface area contributed by atoms with E-state index in [9.17, 15) is 14.7 Å². The van der Waals surface area contributed by atoms with Crippen molar-refractivity contribution < 1.29 is 24.2 Å². The predicted octanol–water partition coefficient (Wildman–Crippen LogP) is 2.90. The van der Waals surface area contributed by atoms with E-state index >= 15 is 0 Å². The minimum absolute atomic E-state index is 0.0645. The number of allylic oxidation sites excluding steroid dienone is 1. The minimum atomic E-state index is -0.822. The van der Waals surface area contributed by atoms with Gasteiger partial charge in [-0.1, -0.05) is 30.7 Å². The van der Waals surface area contributed by atoms with Gasteiger partial charge in [0.25, 0.3) is 0 Å². The molecular weight excluding hydrogens is 422 g/mol. The molecule has 1 N–H and O–H groups in total. The molecule has 1 saturated heterocycles. The lowest BCUT2D eigenvalue weighted by Crippen LogP contribution is -2.48. The first kappa shape index (κ1) is 21.9. The zero-order chi connectivity index (χ0) is 23.0. The van der Waals surface area contributed by atoms with Gasteiger partial charge in [-0.3, -0.25) is 0 Å². The molecule has 33 heavy (non-hydrogen) atoms. The van der Waals surface area contributed by atoms with Crippen LogP contribution in [0.3, 0.4) is 0 Å². The molecule has 0 aromatic heterocycles. The third-order valence-electron chi connectivity index (χ3n) is 7.12. The van der Waals surface area contributed by atoms with E-state index in [-0.39, 0.29) is 30.4 Å². The summed E-state index contributed by atoms with van der Waals surface area (Å²) in [7, 11) is 1.63. The molecule has 4 aliphatic rings. The second kappa shape index (κ2) is 8.82. The number of hydrogen-bond donors (Lipinski definition) is 1. The molecule has 4 atom stereocenters. The van der Waals surface area contributed by atoms with E-state index in [1.165, 1.54) is 0 Å². The highest BCUT2D eigenvalue weighted by atomic mass is 16.6. The van der Waals surface area contributed by atoms with Crippen molar-refractivity contribution in [3.63, 3.8) is 0 Å². The van der Waals surface area contributed by atoms with Crippen LogP contribution >= 0.6 is 0 Å². The molecule has 8 heteroatoms. The van der Waals surface area contributed by atoms with Gasteiger partial charge in [0.15, 0.2) is 5.54 Å². The third kappa shape index (κ3) is 4.24. The van der Waals surface area contributed by atoms with E-state index in [2.05, 4.69) is 17.1 Å². The maximum absolute atomic E-state index is 13.7. The topological polar surface area (TPSA) is 91.7 Å². The number of carbonyl (C=O) groups excluding carboxylic acids is 2. The summed E-state index contributed by atoms with van der Waals surface area (Å²) in [4.78, 5) is 34.5. The number of nitrogens with zero attached hydrogens (tertiary/aromatic N) is 3. The van der Waals surface area contributed by atoms with Crippen LogP contribution < -0.4 is 4.74 Å². The van der Waals surface area contributed by atoms with Crippen molar-refractivity contribution in [3.05, 3.63) is 42.0 Å². The average molecular weight is 454 g/mol. The standard InChI is InChI=1S/C25H31N3O5/c1-32-20-10-8-17(9-11-20)15-27-12-6-4-2-3-5-7-18-14-25(18)23(30)33-22(26-25)21-13-19(29)16-28(21)24(27)31/h5,7-11,18-19,21,29H,2-4,6,12-16H2,1H3/b7-5-/t18-,19-,21+,25?/m1/s1. The zero-order valence-electron chi connectivity index (χ0n) is 19.0. The number of ether oxygens (including phenoxy) is 2. The fourth-order valence-electron chi connectivity index (χ4n) is 5.09. The molecule has 1 unspecified atom stereocenters. The number of rotatable bonds is 3. The zero-order valence-corrected chi connectivity index (χ0v) is 19.0. The largest absolute Gasteiger partial charge is 0.497 e. The van der Waals surface area contributed by atoms with Crippen LogP contribution in [0, 0.1) is 5.92 Å². The van der Waals surface area contributed by atoms with E-state index in [1.54, 1.807) is 12.0 Å². The van der Waals surface area contributed by atoms with Crippen LogP contribution in [0.1, 0.15) is 44.1 Å². The molecule has 8 nitrogen and oxygen atoms in total. The predicted molar refractivity (Wildman–Crippen MR) is 122 cm³/mol. The normalized spacial score (nSPS) is 32.8. The number of aliphatic hydroxyl groups excluding tert-OH is 1. The van der Waals surface area contributed by atoms with Crippen molar-refractivity contribution in [1.29, 1.82) is 0 Å². The summed E-state index contributed by atoms with van der Waals surface area (Å²) >= 11 is 0. The first-order valence-electron chi connectivity index (χ1n) is 11.9. The second-order valence-electron chi connectivity index (χ2n) is 9.46. The van der Waals surface area contributed by atoms with Crippen LogP contribution in [0.5, 0.6) is 5.75 Å². The van der Waals surface area contributed by atoms with Crippen molar-refractivity contribution >= 4 is 17.9 Å². The van der Waals surface area contributed by atoms with E-state index in [0.29, 0.717) is 25.9 Å². The van der Waals surface area contributed by atoms with Gasteiger partial charge in [0.2, 0.25) is 5.90 Å². The van der Waals surface area contributed by atoms with Crippen molar-refractivity contribution in [2.24, 2.45) is 10.9 Å². The van der Waals surface area contributed by atoms with Gasteiger partial charge in [0.1, 0.15) is 11.8 Å². The Morgan fingerprint density at radius 2 is 2.03 bits per heavy atom. The first-order valence-corrected chi connectivity index (χ1v) is 11.9. The van der Waals surface area contributed by atoms with E-state index in [0.717, 1.165) is 37.0 Å². The fraction of sp³-hybridized carbons (Fsp3) is 0.560. The highest BCUT2D eigenvalue weighted by molar-refractivity contribution is 6.05. The van der Waals surface area contributed by atoms with Gasteiger partial charge >= 0.3 is 12.0 Å². The van der Waals surface area contributed by atoms with Gasteiger partial charge in [-0.05, 0) is 43.4 Å². The Morgan fingerprint density at radius 3 is 2.82 bits per heavy atom. The van der Waals surface area contributed by atoms with E-state index < -0.39 is 17.7 Å². The molecule has 1 aliphatic carbocycles. The Bertz CT molecular complexity index is 975. The van der Waals surface area contributed by atoms with E-state index in [4.69, 9.17) is 9.47 Å². The number of urea groups is 1. The van der Waals surface area contributed by atoms with Crippen LogP contribution in [0.15, 0.2) is 41.4 Å². The monoisotopic (exact) mass is 453 g/mol. The van der Waals surface area contributed by atoms with Gasteiger partial charge in [-0.15, -0.1) is 0 Å². The molecule has 1 aromatic carbocycles. The van der Waals surface area contributed by atoms with Crippen LogP contribution in [-0.2, 0) is 16.1 Å². The maximum atomic E-state index is 13.7. The number of methoxy groups -OCH3 is 1. The third-order valence-corrected chi connectivity index (χ3v) is 7.12. The smallest absolute Gasteiger partial charge is 0.341 e. The molecule has 1 saturated carbocycles. The number of fused-ring (bicyclic) bond motifs is 2. The summed E-state index contributed by atoms with van der Waals surface area (Å²) < 4.78 is 10.8. The number of hydrogen-bond acceptors (Lipinski definition) is 6. The van der Waals surface area contributed by atoms with Crippen LogP contribution in [0.2, 0.25) is 0 Å². The second-order valence-corrected chi connectivity index (χ2v) is 9.46. The van der Waals surface area contributed by atoms with E-state index in [1.807, 2.05) is 29.2 Å². The fourth-order valence-corrected chi connectivity index (χ4v) is 5.09. The van der Waals surface area contributed by atoms with Crippen molar-refractivity contribution in [2.45, 2.75) is 62.8 Å². The Labute approximate surface area is 193 Å². The SMILES string of the molecule is COc1ccc(CN2CCCCC/C=C\[C@@H]3CC34N=C(OC4=O)[C@@H]3C[C@@H](O)CN3C2=O)cc1. The molecule has 3 heterocycles. The Morgan fingerprint density at radius 1 is 1.21 bits per heavy atom. The van der Waals surface area contributed by atoms with Gasteiger partial charge in [-0.25, -0.2) is 14.6 Å². The highest BCUT2D eigenvalue weighted by Gasteiger charge is 2.65. The quantitative estimate of drug-likeness (QED) is 0.561. The summed E-state index contributed by atoms with van der Waals surface area (Å²) in [6, 6.07) is 7.02. The van der Waals surface area contributed by atoms with Crippen molar-refractivity contribution in [1.82, 2.24) is 9.80 Å². The summed E-state index contributed by atoms with van der Waals surface area (Å²) in [6.45, 7) is 1.28. The maximum Gasteiger partial charge on any atom is 0.341 e. The summed E-state index contributed by atoms with van der Waals surface area (Å²) in [5.41, 5.74) is 0.183. The van der Waals surface area contributed by atoms with Crippen molar-refractivity contribution in [2.75, 3.05) is 20.2 Å². The Balaban J connectivity index is 1.42. The molecule has 2 bridgehead atoms. The number of amides is 2. The molecule has 2 fully saturated rings. The molecule has 5 rings (SSSR count). The number of benzene rings is 1. The molecule has 1 spiro atoms. The van der Waals surface area contributed by atoms with Gasteiger partial charge < -0.3 is 24.4 Å². The molecule has 176 valence electrons. The summed E-state index contributed by atoms with van der Waals surface area (Å²) in [5, 5.41) is 10.4. The highest BCUT2D eigenvalue weighted by Crippen LogP contribution is 2.52. The molecule has 1 aromatic rings. The summed E-state index contributed by atoms with van der Waals surface area (Å²) in [6.07, 6.45) is 8.44. The van der Waals surface area contributed by atoms with Crippen LogP contribution in [-0.4, -0.2) is 70.7 Å². The number of aliphatic imine (C=N–C) groups is 1. The number of aliphatic hydroxyl groups is 1. The van der Waals surface area contributed by atoms with Crippen LogP contribution in [0.4, 0.5) is 4.79 Å². The molecule has 2 amide bonds. The molecular formula is C25H31N3O5. The molecule has 3 aliphatic heterocycles. The van der Waals surface area contributed by atoms with Crippen molar-refractivity contribution in [3.8, 4) is 5.75 Å². The lowest BCUT2D eigenvalue weighted by atomic mass is 10.1. The van der Waals surface area contributed by atoms with Gasteiger partial charge in [0, 0.05) is 32.0 Å². The van der Waals surface area contributed by atoms with Crippen LogP contribution in [0.25, 0.3) is 0 Å². The number of esters is 1. The Hall–Kier alpha value is -2.87. The minimum Gasteiger partial charge on any atom is -0.497 e. The Kier molecular flexibility index (Phi) is 5.86. The lowest BCUT2D eigenvalue weighted by Gasteiger charge is -2.31. The first-order chi connectivity index (χ1) is 16.0. The number of carbonyl (C=O) groups is 2.